The van der Waals surface area contributed by atoms with E-state index in [1.165, 1.54) is 43.6 Å². The molecule has 3 atom stereocenters. The predicted octanol–water partition coefficient (Wildman–Crippen LogP) is 2.42. The molecule has 0 radical (unpaired) electrons. The largest absolute Gasteiger partial charge is 0.323 e. The maximum Gasteiger partial charge on any atom is 0.0424 e. The zero-order valence-corrected chi connectivity index (χ0v) is 13.5. The van der Waals surface area contributed by atoms with Crippen LogP contribution < -0.4 is 5.73 Å². The molecule has 3 heteroatoms. The normalized spacial score (nSPS) is 28.5. The van der Waals surface area contributed by atoms with E-state index in [1.807, 2.05) is 0 Å². The maximum atomic E-state index is 6.46. The van der Waals surface area contributed by atoms with E-state index in [4.69, 9.17) is 5.73 Å². The van der Waals surface area contributed by atoms with Crippen LogP contribution in [0.25, 0.3) is 0 Å². The highest BCUT2D eigenvalue weighted by Gasteiger charge is 2.34. The van der Waals surface area contributed by atoms with Crippen molar-refractivity contribution in [3.05, 3.63) is 35.4 Å². The predicted molar refractivity (Wildman–Crippen MR) is 88.4 cm³/mol. The van der Waals surface area contributed by atoms with E-state index >= 15 is 0 Å². The van der Waals surface area contributed by atoms with E-state index in [0.29, 0.717) is 6.04 Å². The lowest BCUT2D eigenvalue weighted by molar-refractivity contribution is 0.0553. The summed E-state index contributed by atoms with van der Waals surface area (Å²) in [5.74, 6) is 0. The molecule has 116 valence electrons. The molecule has 0 amide bonds. The molecule has 3 rings (SSSR count). The topological polar surface area (TPSA) is 32.5 Å². The van der Waals surface area contributed by atoms with Crippen molar-refractivity contribution in [2.45, 2.75) is 51.2 Å². The van der Waals surface area contributed by atoms with Crippen LogP contribution in [0.4, 0.5) is 0 Å². The van der Waals surface area contributed by atoms with Gasteiger partial charge in [0.1, 0.15) is 0 Å². The molecule has 21 heavy (non-hydrogen) atoms. The van der Waals surface area contributed by atoms with Gasteiger partial charge >= 0.3 is 0 Å². The standard InChI is InChI=1S/C18H29N3/c1-3-15-6-8-16(9-7-15)18(19)13-21-12-17-5-4-10-20(17)11-14(21)2/h6-9,14,17-18H,3-5,10-13,19H2,1-2H3. The third-order valence-corrected chi connectivity index (χ3v) is 5.31. The molecule has 1 aromatic rings. The molecular formula is C18H29N3. The van der Waals surface area contributed by atoms with Gasteiger partial charge in [0.2, 0.25) is 0 Å². The Bertz CT molecular complexity index is 456. The van der Waals surface area contributed by atoms with E-state index in [-0.39, 0.29) is 6.04 Å². The number of hydrogen-bond donors (Lipinski definition) is 1. The van der Waals surface area contributed by atoms with Gasteiger partial charge in [0.15, 0.2) is 0 Å². The third kappa shape index (κ3) is 3.31. The van der Waals surface area contributed by atoms with Gasteiger partial charge in [0.25, 0.3) is 0 Å². The van der Waals surface area contributed by atoms with Crippen LogP contribution in [-0.4, -0.2) is 48.1 Å². The molecule has 2 N–H and O–H groups in total. The molecule has 0 spiro atoms. The average molecular weight is 287 g/mol. The van der Waals surface area contributed by atoms with Crippen LogP contribution in [0.3, 0.4) is 0 Å². The lowest BCUT2D eigenvalue weighted by atomic mass is 10.0. The van der Waals surface area contributed by atoms with E-state index in [0.717, 1.165) is 19.0 Å². The zero-order chi connectivity index (χ0) is 14.8. The van der Waals surface area contributed by atoms with Crippen LogP contribution in [0, 0.1) is 0 Å². The van der Waals surface area contributed by atoms with Gasteiger partial charge in [-0.2, -0.15) is 0 Å². The summed E-state index contributed by atoms with van der Waals surface area (Å²) >= 11 is 0. The van der Waals surface area contributed by atoms with Crippen LogP contribution in [0.15, 0.2) is 24.3 Å². The molecule has 2 saturated heterocycles. The van der Waals surface area contributed by atoms with Crippen molar-refractivity contribution in [2.75, 3.05) is 26.2 Å². The molecule has 0 aromatic heterocycles. The molecule has 3 unspecified atom stereocenters. The van der Waals surface area contributed by atoms with Crippen LogP contribution in [0.1, 0.15) is 43.9 Å². The van der Waals surface area contributed by atoms with E-state index in [2.05, 4.69) is 47.9 Å². The molecule has 2 heterocycles. The minimum absolute atomic E-state index is 0.131. The fraction of sp³-hybridized carbons (Fsp3) is 0.667. The van der Waals surface area contributed by atoms with E-state index in [1.54, 1.807) is 0 Å². The number of fused-ring (bicyclic) bond motifs is 1. The number of piperazine rings is 1. The second-order valence-corrected chi connectivity index (χ2v) is 6.80. The molecule has 0 aliphatic carbocycles. The van der Waals surface area contributed by atoms with E-state index < -0.39 is 0 Å². The van der Waals surface area contributed by atoms with Crippen LogP contribution in [0.2, 0.25) is 0 Å². The Kier molecular flexibility index (Phi) is 4.63. The fourth-order valence-corrected chi connectivity index (χ4v) is 3.86. The first-order chi connectivity index (χ1) is 10.2. The second kappa shape index (κ2) is 6.47. The van der Waals surface area contributed by atoms with Gasteiger partial charge in [-0.25, -0.2) is 0 Å². The number of aryl methyl sites for hydroxylation is 1. The smallest absolute Gasteiger partial charge is 0.0424 e. The quantitative estimate of drug-likeness (QED) is 0.923. The Hall–Kier alpha value is -0.900. The minimum Gasteiger partial charge on any atom is -0.323 e. The van der Waals surface area contributed by atoms with Crippen molar-refractivity contribution < 1.29 is 0 Å². The first-order valence-corrected chi connectivity index (χ1v) is 8.50. The summed E-state index contributed by atoms with van der Waals surface area (Å²) in [5, 5.41) is 0. The van der Waals surface area contributed by atoms with Crippen molar-refractivity contribution in [1.82, 2.24) is 9.80 Å². The van der Waals surface area contributed by atoms with Crippen LogP contribution in [-0.2, 0) is 6.42 Å². The highest BCUT2D eigenvalue weighted by Crippen LogP contribution is 2.26. The molecular weight excluding hydrogens is 258 g/mol. The summed E-state index contributed by atoms with van der Waals surface area (Å²) in [4.78, 5) is 5.27. The molecule has 1 aromatic carbocycles. The number of nitrogens with zero attached hydrogens (tertiary/aromatic N) is 2. The molecule has 0 saturated carbocycles. The van der Waals surface area contributed by atoms with Crippen molar-refractivity contribution in [2.24, 2.45) is 5.73 Å². The minimum atomic E-state index is 0.131. The lowest BCUT2D eigenvalue weighted by Gasteiger charge is -2.43. The SMILES string of the molecule is CCc1ccc(C(N)CN2CC3CCCN3CC2C)cc1. The summed E-state index contributed by atoms with van der Waals surface area (Å²) in [7, 11) is 0. The Morgan fingerprint density at radius 2 is 2.00 bits per heavy atom. The first-order valence-electron chi connectivity index (χ1n) is 8.50. The maximum absolute atomic E-state index is 6.46. The molecule has 2 fully saturated rings. The monoisotopic (exact) mass is 287 g/mol. The highest BCUT2D eigenvalue weighted by atomic mass is 15.3. The number of rotatable bonds is 4. The van der Waals surface area contributed by atoms with Gasteiger partial charge in [0.05, 0.1) is 0 Å². The number of nitrogens with two attached hydrogens (primary N) is 1. The van der Waals surface area contributed by atoms with Gasteiger partial charge in [-0.15, -0.1) is 0 Å². The van der Waals surface area contributed by atoms with Gasteiger partial charge in [-0.3, -0.25) is 9.80 Å². The molecule has 3 nitrogen and oxygen atoms in total. The fourth-order valence-electron chi connectivity index (χ4n) is 3.86. The van der Waals surface area contributed by atoms with E-state index in [9.17, 15) is 0 Å². The van der Waals surface area contributed by atoms with Crippen LogP contribution >= 0.6 is 0 Å². The third-order valence-electron chi connectivity index (χ3n) is 5.31. The number of benzene rings is 1. The molecule has 2 aliphatic heterocycles. The van der Waals surface area contributed by atoms with Gasteiger partial charge in [-0.1, -0.05) is 31.2 Å². The first kappa shape index (κ1) is 15.0. The van der Waals surface area contributed by atoms with Crippen molar-refractivity contribution in [3.8, 4) is 0 Å². The Balaban J connectivity index is 1.61. The number of hydrogen-bond acceptors (Lipinski definition) is 3. The zero-order valence-electron chi connectivity index (χ0n) is 13.5. The molecule has 2 aliphatic rings. The van der Waals surface area contributed by atoms with Crippen molar-refractivity contribution in [1.29, 1.82) is 0 Å². The van der Waals surface area contributed by atoms with Crippen molar-refractivity contribution >= 4 is 0 Å². The summed E-state index contributed by atoms with van der Waals surface area (Å²) in [5.41, 5.74) is 9.12. The van der Waals surface area contributed by atoms with Gasteiger partial charge < -0.3 is 5.73 Å². The summed E-state index contributed by atoms with van der Waals surface area (Å²) in [6, 6.07) is 10.4. The summed E-state index contributed by atoms with van der Waals surface area (Å²) in [6.07, 6.45) is 3.83. The Morgan fingerprint density at radius 3 is 2.71 bits per heavy atom. The van der Waals surface area contributed by atoms with Gasteiger partial charge in [0, 0.05) is 37.8 Å². The van der Waals surface area contributed by atoms with Crippen molar-refractivity contribution in [3.63, 3.8) is 0 Å². The highest BCUT2D eigenvalue weighted by molar-refractivity contribution is 5.25. The van der Waals surface area contributed by atoms with Gasteiger partial charge in [-0.05, 0) is 43.9 Å². The van der Waals surface area contributed by atoms with Crippen LogP contribution in [0.5, 0.6) is 0 Å². The molecule has 0 bridgehead atoms. The average Bonchev–Trinajstić information content (AvgIpc) is 2.94. The second-order valence-electron chi connectivity index (χ2n) is 6.80. The Labute approximate surface area is 129 Å². The summed E-state index contributed by atoms with van der Waals surface area (Å²) < 4.78 is 0. The Morgan fingerprint density at radius 1 is 1.24 bits per heavy atom. The lowest BCUT2D eigenvalue weighted by Crippen LogP contribution is -2.56. The summed E-state index contributed by atoms with van der Waals surface area (Å²) in [6.45, 7) is 9.23.